The third-order valence-corrected chi connectivity index (χ3v) is 3.91. The van der Waals surface area contributed by atoms with Crippen LogP contribution >= 0.6 is 0 Å². The van der Waals surface area contributed by atoms with Crippen molar-refractivity contribution < 1.29 is 9.53 Å². The molecule has 2 nitrogen and oxygen atoms in total. The molecule has 3 rings (SSSR count). The molecule has 0 radical (unpaired) electrons. The quantitative estimate of drug-likeness (QED) is 0.591. The third kappa shape index (κ3) is 3.32. The van der Waals surface area contributed by atoms with Gasteiger partial charge in [-0.1, -0.05) is 91.5 Å². The Kier molecular flexibility index (Phi) is 4.53. The predicted molar refractivity (Wildman–Crippen MR) is 91.2 cm³/mol. The van der Waals surface area contributed by atoms with E-state index in [0.29, 0.717) is 5.57 Å². The van der Waals surface area contributed by atoms with Gasteiger partial charge in [0.1, 0.15) is 6.10 Å². The summed E-state index contributed by atoms with van der Waals surface area (Å²) in [5.74, 6) is -0.481. The van der Waals surface area contributed by atoms with Gasteiger partial charge in [0.15, 0.2) is 0 Å². The van der Waals surface area contributed by atoms with Gasteiger partial charge in [0.2, 0.25) is 0 Å². The molecule has 0 saturated carbocycles. The molecule has 0 aromatic heterocycles. The molecule has 2 aromatic rings. The average Bonchev–Trinajstić information content (AvgIpc) is 2.88. The van der Waals surface area contributed by atoms with Crippen molar-refractivity contribution in [1.82, 2.24) is 0 Å². The lowest BCUT2D eigenvalue weighted by Crippen LogP contribution is -2.06. The van der Waals surface area contributed by atoms with Crippen molar-refractivity contribution in [3.8, 4) is 0 Å². The van der Waals surface area contributed by atoms with Crippen LogP contribution in [0.5, 0.6) is 0 Å². The standard InChI is InChI=1S/C21H18O2/c1-16-19(17-12-10-7-11-13-17)20(23-21(16)22)18-14-8-5-3-2-4-6-9-15-18/h2-15,19-20H,1H2/t19-,20+/m0/s1. The molecule has 0 spiro atoms. The van der Waals surface area contributed by atoms with E-state index >= 15 is 0 Å². The molecule has 2 heteroatoms. The second-order valence-corrected chi connectivity index (χ2v) is 5.42. The zero-order chi connectivity index (χ0) is 16.1. The molecular weight excluding hydrogens is 284 g/mol. The van der Waals surface area contributed by atoms with Gasteiger partial charge < -0.3 is 4.74 Å². The highest BCUT2D eigenvalue weighted by Gasteiger charge is 2.40. The normalized spacial score (nSPS) is 19.8. The van der Waals surface area contributed by atoms with Crippen molar-refractivity contribution in [2.45, 2.75) is 12.0 Å². The van der Waals surface area contributed by atoms with E-state index in [4.69, 9.17) is 4.74 Å². The highest BCUT2D eigenvalue weighted by atomic mass is 16.6. The van der Waals surface area contributed by atoms with Crippen LogP contribution in [0.3, 0.4) is 0 Å². The molecule has 1 saturated heterocycles. The minimum absolute atomic E-state index is 0.157. The monoisotopic (exact) mass is 302 g/mol. The predicted octanol–water partition coefficient (Wildman–Crippen LogP) is 4.75. The molecule has 2 aromatic carbocycles. The van der Waals surface area contributed by atoms with E-state index < -0.39 is 0 Å². The molecule has 23 heavy (non-hydrogen) atoms. The smallest absolute Gasteiger partial charge is 0.334 e. The average molecular weight is 302 g/mol. The van der Waals surface area contributed by atoms with Gasteiger partial charge in [0.05, 0.1) is 5.92 Å². The number of ether oxygens (including phenoxy) is 1. The topological polar surface area (TPSA) is 26.3 Å². The van der Waals surface area contributed by atoms with Gasteiger partial charge in [-0.2, -0.15) is 0 Å². The molecule has 0 unspecified atom stereocenters. The molecule has 1 heterocycles. The van der Waals surface area contributed by atoms with Gasteiger partial charge in [-0.3, -0.25) is 0 Å². The number of benzene rings is 1. The van der Waals surface area contributed by atoms with Crippen LogP contribution in [-0.2, 0) is 9.53 Å². The lowest BCUT2D eigenvalue weighted by Gasteiger charge is -2.18. The number of cyclic esters (lactones) is 1. The van der Waals surface area contributed by atoms with Gasteiger partial charge in [-0.05, 0) is 11.1 Å². The summed E-state index contributed by atoms with van der Waals surface area (Å²) >= 11 is 0. The Bertz CT molecular complexity index is 739. The first kappa shape index (κ1) is 15.0. The fraction of sp³-hybridized carbons (Fsp3) is 0.0952. The number of hydrogen-bond acceptors (Lipinski definition) is 2. The van der Waals surface area contributed by atoms with Gasteiger partial charge in [0, 0.05) is 5.57 Å². The lowest BCUT2D eigenvalue weighted by molar-refractivity contribution is -0.139. The first-order valence-electron chi connectivity index (χ1n) is 7.60. The van der Waals surface area contributed by atoms with Crippen LogP contribution in [0.1, 0.15) is 23.1 Å². The van der Waals surface area contributed by atoms with E-state index in [1.807, 2.05) is 84.9 Å². The number of carbonyl (C=O) groups is 1. The number of esters is 1. The van der Waals surface area contributed by atoms with E-state index in [0.717, 1.165) is 11.1 Å². The summed E-state index contributed by atoms with van der Waals surface area (Å²) in [6.45, 7) is 3.94. The Morgan fingerprint density at radius 2 is 1.13 bits per heavy atom. The minimum Gasteiger partial charge on any atom is -0.453 e. The lowest BCUT2D eigenvalue weighted by atomic mass is 9.86. The highest BCUT2D eigenvalue weighted by molar-refractivity contribution is 5.92. The van der Waals surface area contributed by atoms with Crippen molar-refractivity contribution in [1.29, 1.82) is 0 Å². The summed E-state index contributed by atoms with van der Waals surface area (Å²) in [7, 11) is 0. The maximum absolute atomic E-state index is 12.1. The molecule has 0 aliphatic carbocycles. The van der Waals surface area contributed by atoms with E-state index in [1.165, 1.54) is 0 Å². The van der Waals surface area contributed by atoms with E-state index in [2.05, 4.69) is 6.58 Å². The molecule has 1 fully saturated rings. The summed E-state index contributed by atoms with van der Waals surface area (Å²) in [4.78, 5) is 12.1. The molecule has 2 atom stereocenters. The fourth-order valence-electron chi connectivity index (χ4n) is 2.76. The van der Waals surface area contributed by atoms with Crippen molar-refractivity contribution in [3.63, 3.8) is 0 Å². The highest BCUT2D eigenvalue weighted by Crippen LogP contribution is 2.44. The van der Waals surface area contributed by atoms with Gasteiger partial charge in [0.25, 0.3) is 0 Å². The van der Waals surface area contributed by atoms with E-state index in [9.17, 15) is 4.79 Å². The maximum Gasteiger partial charge on any atom is 0.334 e. The molecule has 1 aliphatic rings. The summed E-state index contributed by atoms with van der Waals surface area (Å²) in [6.07, 6.45) is -0.352. The van der Waals surface area contributed by atoms with Crippen LogP contribution in [0, 0.1) is 0 Å². The summed E-state index contributed by atoms with van der Waals surface area (Å²) in [5.41, 5.74) is 2.49. The second-order valence-electron chi connectivity index (χ2n) is 5.42. The minimum atomic E-state index is -0.352. The van der Waals surface area contributed by atoms with Crippen molar-refractivity contribution in [3.05, 3.63) is 108 Å². The number of hydrogen-bond donors (Lipinski definition) is 0. The molecule has 0 bridgehead atoms. The first-order chi connectivity index (χ1) is 11.3. The Balaban J connectivity index is 2.07. The largest absolute Gasteiger partial charge is 0.453 e. The zero-order valence-corrected chi connectivity index (χ0v) is 12.8. The van der Waals surface area contributed by atoms with Crippen LogP contribution in [0.15, 0.2) is 97.1 Å². The Morgan fingerprint density at radius 1 is 0.696 bits per heavy atom. The summed E-state index contributed by atoms with van der Waals surface area (Å²) < 4.78 is 5.61. The second kappa shape index (κ2) is 6.93. The first-order valence-corrected chi connectivity index (χ1v) is 7.60. The molecule has 0 N–H and O–H groups in total. The number of rotatable bonds is 2. The SMILES string of the molecule is C=C1C(=O)O[C@H](c2ccccccccc2)[C@@H]1c1ccccc1. The molecule has 1 aliphatic heterocycles. The van der Waals surface area contributed by atoms with Crippen LogP contribution in [-0.4, -0.2) is 5.97 Å². The Morgan fingerprint density at radius 3 is 1.70 bits per heavy atom. The molecule has 0 amide bonds. The van der Waals surface area contributed by atoms with Gasteiger partial charge >= 0.3 is 5.97 Å². The Hall–Kier alpha value is -2.87. The van der Waals surface area contributed by atoms with Crippen LogP contribution < -0.4 is 0 Å². The number of carbonyl (C=O) groups excluding carboxylic acids is 1. The van der Waals surface area contributed by atoms with Crippen LogP contribution in [0.25, 0.3) is 0 Å². The maximum atomic E-state index is 12.1. The van der Waals surface area contributed by atoms with Crippen molar-refractivity contribution in [2.24, 2.45) is 0 Å². The summed E-state index contributed by atoms with van der Waals surface area (Å²) in [6, 6.07) is 27.5. The van der Waals surface area contributed by atoms with Crippen LogP contribution in [0.2, 0.25) is 0 Å². The van der Waals surface area contributed by atoms with Crippen molar-refractivity contribution in [2.75, 3.05) is 0 Å². The Labute approximate surface area is 136 Å². The molecule has 114 valence electrons. The third-order valence-electron chi connectivity index (χ3n) is 3.91. The summed E-state index contributed by atoms with van der Waals surface area (Å²) in [5, 5.41) is 0. The fourth-order valence-corrected chi connectivity index (χ4v) is 2.76. The van der Waals surface area contributed by atoms with Crippen LogP contribution in [0.4, 0.5) is 0 Å². The van der Waals surface area contributed by atoms with Gasteiger partial charge in [-0.25, -0.2) is 4.79 Å². The zero-order valence-electron chi connectivity index (χ0n) is 12.8. The van der Waals surface area contributed by atoms with Crippen molar-refractivity contribution >= 4 is 5.97 Å². The van der Waals surface area contributed by atoms with E-state index in [1.54, 1.807) is 0 Å². The van der Waals surface area contributed by atoms with Gasteiger partial charge in [-0.15, -0.1) is 0 Å². The van der Waals surface area contributed by atoms with E-state index in [-0.39, 0.29) is 18.0 Å². The molecular formula is C21H18O2.